The van der Waals surface area contributed by atoms with Crippen molar-refractivity contribution in [2.45, 2.75) is 44.9 Å². The standard InChI is InChI=1S/C17H26N2O4/c1-17(2,3)23-11-13(18)15(20)19-14(16(21)22-4)10-12-8-6-5-7-9-12/h5-9,13-14H,10-11,18H2,1-4H3,(H,19,20)/t13-,14-/m0/s1. The Balaban J connectivity index is 2.66. The molecule has 128 valence electrons. The van der Waals surface area contributed by atoms with Crippen LogP contribution in [0, 0.1) is 0 Å². The molecule has 0 saturated heterocycles. The Kier molecular flexibility index (Phi) is 7.19. The number of benzene rings is 1. The van der Waals surface area contributed by atoms with E-state index in [-0.39, 0.29) is 12.2 Å². The summed E-state index contributed by atoms with van der Waals surface area (Å²) in [4.78, 5) is 24.0. The second kappa shape index (κ2) is 8.64. The van der Waals surface area contributed by atoms with Crippen molar-refractivity contribution in [3.8, 4) is 0 Å². The molecule has 2 atom stereocenters. The molecule has 3 N–H and O–H groups in total. The van der Waals surface area contributed by atoms with Gasteiger partial charge >= 0.3 is 5.97 Å². The van der Waals surface area contributed by atoms with E-state index in [1.165, 1.54) is 7.11 Å². The van der Waals surface area contributed by atoms with Crippen molar-refractivity contribution in [2.75, 3.05) is 13.7 Å². The molecule has 0 aliphatic heterocycles. The zero-order chi connectivity index (χ0) is 17.5. The Bertz CT molecular complexity index is 511. The van der Waals surface area contributed by atoms with Crippen molar-refractivity contribution in [1.82, 2.24) is 5.32 Å². The van der Waals surface area contributed by atoms with Gasteiger partial charge in [-0.2, -0.15) is 0 Å². The van der Waals surface area contributed by atoms with Crippen LogP contribution in [0.15, 0.2) is 30.3 Å². The molecule has 1 rings (SSSR count). The van der Waals surface area contributed by atoms with Gasteiger partial charge in [0.1, 0.15) is 12.1 Å². The predicted molar refractivity (Wildman–Crippen MR) is 87.8 cm³/mol. The largest absolute Gasteiger partial charge is 0.467 e. The first-order chi connectivity index (χ1) is 10.7. The molecular formula is C17H26N2O4. The minimum atomic E-state index is -0.850. The molecule has 1 aromatic carbocycles. The van der Waals surface area contributed by atoms with Crippen LogP contribution in [-0.4, -0.2) is 43.3 Å². The maximum atomic E-state index is 12.2. The van der Waals surface area contributed by atoms with Crippen LogP contribution >= 0.6 is 0 Å². The first-order valence-electron chi connectivity index (χ1n) is 7.54. The van der Waals surface area contributed by atoms with Crippen molar-refractivity contribution in [3.05, 3.63) is 35.9 Å². The first-order valence-corrected chi connectivity index (χ1v) is 7.54. The fraction of sp³-hybridized carbons (Fsp3) is 0.529. The molecule has 1 amide bonds. The Morgan fingerprint density at radius 3 is 2.35 bits per heavy atom. The third kappa shape index (κ3) is 7.25. The summed E-state index contributed by atoms with van der Waals surface area (Å²) >= 11 is 0. The first kappa shape index (κ1) is 19.1. The molecule has 0 heterocycles. The average molecular weight is 322 g/mol. The van der Waals surface area contributed by atoms with E-state index in [0.717, 1.165) is 5.56 Å². The number of esters is 1. The van der Waals surface area contributed by atoms with Crippen LogP contribution in [0.2, 0.25) is 0 Å². The molecule has 0 aromatic heterocycles. The SMILES string of the molecule is COC(=O)[C@H](Cc1ccccc1)NC(=O)[C@@H](N)COC(C)(C)C. The van der Waals surface area contributed by atoms with Crippen LogP contribution < -0.4 is 11.1 Å². The van der Waals surface area contributed by atoms with E-state index in [0.29, 0.717) is 6.42 Å². The lowest BCUT2D eigenvalue weighted by Gasteiger charge is -2.23. The van der Waals surface area contributed by atoms with Gasteiger partial charge in [-0.3, -0.25) is 4.79 Å². The highest BCUT2D eigenvalue weighted by Crippen LogP contribution is 2.08. The number of hydrogen-bond acceptors (Lipinski definition) is 5. The summed E-state index contributed by atoms with van der Waals surface area (Å²) in [6.07, 6.45) is 0.339. The van der Waals surface area contributed by atoms with Crippen molar-refractivity contribution in [2.24, 2.45) is 5.73 Å². The van der Waals surface area contributed by atoms with Gasteiger partial charge in [-0.15, -0.1) is 0 Å². The van der Waals surface area contributed by atoms with Gasteiger partial charge in [0.05, 0.1) is 19.3 Å². The van der Waals surface area contributed by atoms with Crippen LogP contribution in [0.4, 0.5) is 0 Å². The molecule has 0 saturated carbocycles. The Morgan fingerprint density at radius 2 is 1.83 bits per heavy atom. The monoisotopic (exact) mass is 322 g/mol. The van der Waals surface area contributed by atoms with Gasteiger partial charge in [0, 0.05) is 6.42 Å². The molecule has 0 radical (unpaired) electrons. The summed E-state index contributed by atoms with van der Waals surface area (Å²) in [6, 6.07) is 7.75. The Hall–Kier alpha value is -1.92. The van der Waals surface area contributed by atoms with E-state index in [1.807, 2.05) is 51.1 Å². The second-order valence-electron chi connectivity index (χ2n) is 6.30. The molecule has 0 aliphatic rings. The quantitative estimate of drug-likeness (QED) is 0.732. The summed E-state index contributed by atoms with van der Waals surface area (Å²) in [5.41, 5.74) is 6.35. The molecule has 1 aromatic rings. The van der Waals surface area contributed by atoms with Crippen molar-refractivity contribution in [3.63, 3.8) is 0 Å². The zero-order valence-corrected chi connectivity index (χ0v) is 14.2. The number of amides is 1. The number of ether oxygens (including phenoxy) is 2. The van der Waals surface area contributed by atoms with E-state index in [1.54, 1.807) is 0 Å². The molecule has 0 aliphatic carbocycles. The van der Waals surface area contributed by atoms with E-state index in [4.69, 9.17) is 15.2 Å². The molecule has 6 heteroatoms. The lowest BCUT2D eigenvalue weighted by Crippen LogP contribution is -2.51. The summed E-state index contributed by atoms with van der Waals surface area (Å²) in [6.45, 7) is 5.72. The van der Waals surface area contributed by atoms with Crippen LogP contribution in [0.5, 0.6) is 0 Å². The zero-order valence-electron chi connectivity index (χ0n) is 14.2. The molecule has 0 unspecified atom stereocenters. The topological polar surface area (TPSA) is 90.7 Å². The highest BCUT2D eigenvalue weighted by Gasteiger charge is 2.25. The van der Waals surface area contributed by atoms with E-state index in [2.05, 4.69) is 5.32 Å². The minimum Gasteiger partial charge on any atom is -0.467 e. The molecule has 6 nitrogen and oxygen atoms in total. The maximum absolute atomic E-state index is 12.2. The summed E-state index contributed by atoms with van der Waals surface area (Å²) in [5, 5.41) is 2.63. The van der Waals surface area contributed by atoms with Crippen LogP contribution in [0.1, 0.15) is 26.3 Å². The highest BCUT2D eigenvalue weighted by atomic mass is 16.5. The van der Waals surface area contributed by atoms with Gasteiger partial charge in [-0.25, -0.2) is 4.79 Å². The number of rotatable bonds is 7. The molecule has 23 heavy (non-hydrogen) atoms. The third-order valence-electron chi connectivity index (χ3n) is 3.12. The normalized spacial score (nSPS) is 14.0. The van der Waals surface area contributed by atoms with Gasteiger partial charge in [-0.05, 0) is 26.3 Å². The number of nitrogens with one attached hydrogen (secondary N) is 1. The minimum absolute atomic E-state index is 0.0779. The Morgan fingerprint density at radius 1 is 1.22 bits per heavy atom. The van der Waals surface area contributed by atoms with Crippen LogP contribution in [0.3, 0.4) is 0 Å². The molecule has 0 fully saturated rings. The molecule has 0 bridgehead atoms. The van der Waals surface area contributed by atoms with E-state index >= 15 is 0 Å². The van der Waals surface area contributed by atoms with Crippen molar-refractivity contribution >= 4 is 11.9 Å². The summed E-state index contributed by atoms with van der Waals surface area (Å²) < 4.78 is 10.3. The number of carbonyl (C=O) groups excluding carboxylic acids is 2. The summed E-state index contributed by atoms with van der Waals surface area (Å²) in [7, 11) is 1.29. The molecule has 0 spiro atoms. The van der Waals surface area contributed by atoms with Gasteiger partial charge in [-0.1, -0.05) is 30.3 Å². The molecular weight excluding hydrogens is 296 g/mol. The smallest absolute Gasteiger partial charge is 0.328 e. The number of methoxy groups -OCH3 is 1. The lowest BCUT2D eigenvalue weighted by atomic mass is 10.1. The van der Waals surface area contributed by atoms with Crippen molar-refractivity contribution < 1.29 is 19.1 Å². The lowest BCUT2D eigenvalue weighted by molar-refractivity contribution is -0.145. The second-order valence-corrected chi connectivity index (χ2v) is 6.30. The fourth-order valence-corrected chi connectivity index (χ4v) is 1.88. The highest BCUT2D eigenvalue weighted by molar-refractivity contribution is 5.87. The Labute approximate surface area is 137 Å². The van der Waals surface area contributed by atoms with Gasteiger partial charge in [0.15, 0.2) is 0 Å². The fourth-order valence-electron chi connectivity index (χ4n) is 1.88. The van der Waals surface area contributed by atoms with Crippen LogP contribution in [0.25, 0.3) is 0 Å². The summed E-state index contributed by atoms with van der Waals surface area (Å²) in [5.74, 6) is -0.952. The number of hydrogen-bond donors (Lipinski definition) is 2. The number of nitrogens with two attached hydrogens (primary N) is 1. The van der Waals surface area contributed by atoms with E-state index in [9.17, 15) is 9.59 Å². The van der Waals surface area contributed by atoms with Gasteiger partial charge in [0.2, 0.25) is 5.91 Å². The van der Waals surface area contributed by atoms with Gasteiger partial charge in [0.25, 0.3) is 0 Å². The average Bonchev–Trinajstić information content (AvgIpc) is 2.51. The van der Waals surface area contributed by atoms with Crippen LogP contribution in [-0.2, 0) is 25.5 Å². The predicted octanol–water partition coefficient (Wildman–Crippen LogP) is 1.03. The maximum Gasteiger partial charge on any atom is 0.328 e. The van der Waals surface area contributed by atoms with E-state index < -0.39 is 24.0 Å². The van der Waals surface area contributed by atoms with Gasteiger partial charge < -0.3 is 20.5 Å². The van der Waals surface area contributed by atoms with Crippen molar-refractivity contribution in [1.29, 1.82) is 0 Å². The number of carbonyl (C=O) groups is 2. The third-order valence-corrected chi connectivity index (χ3v) is 3.12.